The Morgan fingerprint density at radius 1 is 1.65 bits per heavy atom. The summed E-state index contributed by atoms with van der Waals surface area (Å²) in [5, 5.41) is 7.54. The molecule has 17 heavy (non-hydrogen) atoms. The van der Waals surface area contributed by atoms with E-state index in [0.717, 1.165) is 38.3 Å². The van der Waals surface area contributed by atoms with Crippen LogP contribution in [0.25, 0.3) is 0 Å². The molecule has 5 nitrogen and oxygen atoms in total. The first-order valence-electron chi connectivity index (χ1n) is 6.19. The second-order valence-electron chi connectivity index (χ2n) is 4.61. The van der Waals surface area contributed by atoms with Crippen LogP contribution < -0.4 is 15.8 Å². The molecule has 1 atom stereocenters. The van der Waals surface area contributed by atoms with Crippen molar-refractivity contribution in [2.45, 2.75) is 19.9 Å². The van der Waals surface area contributed by atoms with Gasteiger partial charge in [0.1, 0.15) is 0 Å². The van der Waals surface area contributed by atoms with Crippen molar-refractivity contribution in [3.05, 3.63) is 22.6 Å². The highest BCUT2D eigenvalue weighted by Gasteiger charge is 2.16. The first kappa shape index (κ1) is 12.1. The molecule has 0 amide bonds. The third-order valence-corrected chi connectivity index (χ3v) is 3.36. The molecule has 2 heterocycles. The van der Waals surface area contributed by atoms with Crippen LogP contribution in [0.4, 0.5) is 5.69 Å². The average Bonchev–Trinajstić information content (AvgIpc) is 2.83. The zero-order chi connectivity index (χ0) is 12.3. The van der Waals surface area contributed by atoms with E-state index in [1.54, 1.807) is 16.9 Å². The molecule has 1 saturated heterocycles. The van der Waals surface area contributed by atoms with Crippen LogP contribution in [0.1, 0.15) is 13.3 Å². The van der Waals surface area contributed by atoms with E-state index in [2.05, 4.69) is 17.3 Å². The Balaban J connectivity index is 2.11. The summed E-state index contributed by atoms with van der Waals surface area (Å²) >= 11 is 0. The molecule has 0 aliphatic carbocycles. The van der Waals surface area contributed by atoms with Crippen LogP contribution in [0.2, 0.25) is 0 Å². The molecule has 1 aliphatic heterocycles. The fourth-order valence-corrected chi connectivity index (χ4v) is 2.07. The summed E-state index contributed by atoms with van der Waals surface area (Å²) in [5.74, 6) is 0.537. The van der Waals surface area contributed by atoms with Gasteiger partial charge in [0.15, 0.2) is 0 Å². The Kier molecular flexibility index (Phi) is 3.78. The number of nitrogens with one attached hydrogen (secondary N) is 1. The topological polar surface area (TPSA) is 50.2 Å². The van der Waals surface area contributed by atoms with Crippen LogP contribution in [0.5, 0.6) is 0 Å². The lowest BCUT2D eigenvalue weighted by molar-refractivity contribution is 0.434. The van der Waals surface area contributed by atoms with E-state index in [1.165, 1.54) is 0 Å². The molecule has 0 spiro atoms. The number of hydrogen-bond donors (Lipinski definition) is 1. The Bertz CT molecular complexity index is 423. The summed E-state index contributed by atoms with van der Waals surface area (Å²) in [7, 11) is 1.96. The lowest BCUT2D eigenvalue weighted by atomic mass is 10.1. The third kappa shape index (κ3) is 2.85. The Hall–Kier alpha value is -1.36. The molecule has 0 radical (unpaired) electrons. The zero-order valence-corrected chi connectivity index (χ0v) is 10.5. The fraction of sp³-hybridized carbons (Fsp3) is 0.667. The van der Waals surface area contributed by atoms with E-state index < -0.39 is 0 Å². The summed E-state index contributed by atoms with van der Waals surface area (Å²) in [5.41, 5.74) is 0.882. The van der Waals surface area contributed by atoms with Gasteiger partial charge in [0, 0.05) is 26.2 Å². The molecule has 94 valence electrons. The Morgan fingerprint density at radius 3 is 3.06 bits per heavy atom. The fourth-order valence-electron chi connectivity index (χ4n) is 2.07. The molecular formula is C12H20N4O. The molecule has 0 aromatic carbocycles. The summed E-state index contributed by atoms with van der Waals surface area (Å²) in [6, 6.07) is 1.67. The van der Waals surface area contributed by atoms with Gasteiger partial charge >= 0.3 is 0 Å². The van der Waals surface area contributed by atoms with Crippen LogP contribution in [-0.4, -0.2) is 36.5 Å². The minimum atomic E-state index is -0.00491. The second kappa shape index (κ2) is 5.31. The molecule has 0 saturated carbocycles. The van der Waals surface area contributed by atoms with E-state index in [-0.39, 0.29) is 5.56 Å². The average molecular weight is 236 g/mol. The number of aromatic nitrogens is 2. The minimum Gasteiger partial charge on any atom is -0.373 e. The number of hydrogen-bond acceptors (Lipinski definition) is 4. The first-order chi connectivity index (χ1) is 8.20. The van der Waals surface area contributed by atoms with Crippen molar-refractivity contribution in [3.63, 3.8) is 0 Å². The molecular weight excluding hydrogens is 216 g/mol. The first-order valence-corrected chi connectivity index (χ1v) is 6.19. The summed E-state index contributed by atoms with van der Waals surface area (Å²) in [6.45, 7) is 5.69. The molecule has 1 N–H and O–H groups in total. The van der Waals surface area contributed by atoms with Gasteiger partial charge < -0.3 is 10.2 Å². The van der Waals surface area contributed by atoms with Crippen molar-refractivity contribution < 1.29 is 0 Å². The van der Waals surface area contributed by atoms with Crippen LogP contribution in [0.15, 0.2) is 17.1 Å². The van der Waals surface area contributed by atoms with Crippen LogP contribution in [-0.2, 0) is 6.54 Å². The SMILES string of the molecule is CCN(C)c1cnn(CC2CCNC2)c(=O)c1. The second-order valence-corrected chi connectivity index (χ2v) is 4.61. The van der Waals surface area contributed by atoms with Crippen LogP contribution in [0.3, 0.4) is 0 Å². The van der Waals surface area contributed by atoms with E-state index in [1.807, 2.05) is 11.9 Å². The monoisotopic (exact) mass is 236 g/mol. The summed E-state index contributed by atoms with van der Waals surface area (Å²) in [4.78, 5) is 13.9. The lowest BCUT2D eigenvalue weighted by Gasteiger charge is -2.17. The quantitative estimate of drug-likeness (QED) is 0.817. The van der Waals surface area contributed by atoms with Crippen molar-refractivity contribution in [1.29, 1.82) is 0 Å². The van der Waals surface area contributed by atoms with Gasteiger partial charge in [-0.3, -0.25) is 4.79 Å². The van der Waals surface area contributed by atoms with Gasteiger partial charge in [-0.15, -0.1) is 0 Å². The van der Waals surface area contributed by atoms with Gasteiger partial charge in [-0.05, 0) is 32.4 Å². The van der Waals surface area contributed by atoms with Gasteiger partial charge in [-0.1, -0.05) is 0 Å². The van der Waals surface area contributed by atoms with E-state index in [9.17, 15) is 4.79 Å². The highest BCUT2D eigenvalue weighted by Crippen LogP contribution is 2.10. The number of rotatable bonds is 4. The van der Waals surface area contributed by atoms with Crippen molar-refractivity contribution in [2.24, 2.45) is 5.92 Å². The van der Waals surface area contributed by atoms with Gasteiger partial charge in [0.05, 0.1) is 11.9 Å². The van der Waals surface area contributed by atoms with Crippen molar-refractivity contribution >= 4 is 5.69 Å². The van der Waals surface area contributed by atoms with Crippen molar-refractivity contribution in [2.75, 3.05) is 31.6 Å². The predicted octanol–water partition coefficient (Wildman–Crippen LogP) is 0.309. The van der Waals surface area contributed by atoms with E-state index >= 15 is 0 Å². The highest BCUT2D eigenvalue weighted by atomic mass is 16.1. The third-order valence-electron chi connectivity index (χ3n) is 3.36. The lowest BCUT2D eigenvalue weighted by Crippen LogP contribution is -2.28. The maximum absolute atomic E-state index is 11.9. The number of nitrogens with zero attached hydrogens (tertiary/aromatic N) is 3. The van der Waals surface area contributed by atoms with Crippen molar-refractivity contribution in [1.82, 2.24) is 15.1 Å². The van der Waals surface area contributed by atoms with E-state index in [4.69, 9.17) is 0 Å². The van der Waals surface area contributed by atoms with E-state index in [0.29, 0.717) is 5.92 Å². The summed E-state index contributed by atoms with van der Waals surface area (Å²) in [6.07, 6.45) is 2.90. The summed E-state index contributed by atoms with van der Waals surface area (Å²) < 4.78 is 1.57. The normalized spacial score (nSPS) is 19.5. The molecule has 1 aromatic heterocycles. The van der Waals surface area contributed by atoms with Crippen LogP contribution >= 0.6 is 0 Å². The molecule has 0 bridgehead atoms. The molecule has 5 heteroatoms. The Morgan fingerprint density at radius 2 is 2.47 bits per heavy atom. The molecule has 1 fully saturated rings. The largest absolute Gasteiger partial charge is 0.373 e. The number of anilines is 1. The Labute approximate surface area is 101 Å². The van der Waals surface area contributed by atoms with Gasteiger partial charge in [-0.2, -0.15) is 5.10 Å². The maximum atomic E-state index is 11.9. The standard InChI is InChI=1S/C12H20N4O/c1-3-15(2)11-6-12(17)16(14-8-11)9-10-4-5-13-7-10/h6,8,10,13H,3-5,7,9H2,1-2H3. The molecule has 2 rings (SSSR count). The van der Waals surface area contributed by atoms with Crippen molar-refractivity contribution in [3.8, 4) is 0 Å². The predicted molar refractivity (Wildman–Crippen MR) is 68.4 cm³/mol. The molecule has 1 aromatic rings. The van der Waals surface area contributed by atoms with Gasteiger partial charge in [0.25, 0.3) is 5.56 Å². The zero-order valence-electron chi connectivity index (χ0n) is 10.5. The van der Waals surface area contributed by atoms with Gasteiger partial charge in [-0.25, -0.2) is 4.68 Å². The highest BCUT2D eigenvalue weighted by molar-refractivity contribution is 5.41. The minimum absolute atomic E-state index is 0.00491. The maximum Gasteiger partial charge on any atom is 0.268 e. The molecule has 1 aliphatic rings. The van der Waals surface area contributed by atoms with Gasteiger partial charge in [0.2, 0.25) is 0 Å². The molecule has 1 unspecified atom stereocenters. The smallest absolute Gasteiger partial charge is 0.268 e. The van der Waals surface area contributed by atoms with Crippen LogP contribution in [0, 0.1) is 5.92 Å².